The molecule has 0 saturated heterocycles. The van der Waals surface area contributed by atoms with Crippen LogP contribution in [0, 0.1) is 5.82 Å². The molecule has 2 aromatic carbocycles. The molecule has 0 amide bonds. The Morgan fingerprint density at radius 1 is 1.05 bits per heavy atom. The number of allylic oxidation sites excluding steroid dienone is 1. The van der Waals surface area contributed by atoms with Crippen molar-refractivity contribution in [3.05, 3.63) is 65.5 Å². The molecule has 5 heteroatoms. The van der Waals surface area contributed by atoms with Gasteiger partial charge >= 0.3 is 0 Å². The molecule has 0 aliphatic heterocycles. The Morgan fingerprint density at radius 3 is 2.35 bits per heavy atom. The van der Waals surface area contributed by atoms with E-state index in [4.69, 9.17) is 5.21 Å². The lowest BCUT2D eigenvalue weighted by molar-refractivity contribution is 0.320. The van der Waals surface area contributed by atoms with Gasteiger partial charge in [-0.15, -0.1) is 0 Å². The van der Waals surface area contributed by atoms with Crippen LogP contribution in [0.1, 0.15) is 11.1 Å². The summed E-state index contributed by atoms with van der Waals surface area (Å²) in [4.78, 5) is 0. The molecule has 0 aliphatic carbocycles. The van der Waals surface area contributed by atoms with Gasteiger partial charge in [-0.1, -0.05) is 5.16 Å². The molecule has 0 saturated carbocycles. The molecule has 0 radical (unpaired) electrons. The maximum Gasteiger partial charge on any atom is 0.126 e. The van der Waals surface area contributed by atoms with E-state index >= 15 is 0 Å². The van der Waals surface area contributed by atoms with E-state index < -0.39 is 0 Å². The predicted octanol–water partition coefficient (Wildman–Crippen LogP) is 3.13. The van der Waals surface area contributed by atoms with E-state index in [1.54, 1.807) is 0 Å². The van der Waals surface area contributed by atoms with Crippen LogP contribution in [0.15, 0.2) is 53.7 Å². The molecule has 0 atom stereocenters. The summed E-state index contributed by atoms with van der Waals surface area (Å²) in [5, 5.41) is 30.9. The fraction of sp³-hybridized carbons (Fsp3) is 0. The van der Waals surface area contributed by atoms with Gasteiger partial charge < -0.3 is 15.4 Å². The molecule has 0 aliphatic rings. The van der Waals surface area contributed by atoms with Gasteiger partial charge in [-0.2, -0.15) is 0 Å². The SMILES string of the molecule is ON=C(C=Cc1ccc(O)cc1O)c1ccc(F)cc1. The number of phenolic OH excluding ortho intramolecular Hbond substituents is 2. The van der Waals surface area contributed by atoms with Gasteiger partial charge in [0.15, 0.2) is 0 Å². The van der Waals surface area contributed by atoms with Crippen LogP contribution in [0.2, 0.25) is 0 Å². The third-order valence-electron chi connectivity index (χ3n) is 2.68. The molecule has 102 valence electrons. The van der Waals surface area contributed by atoms with Crippen molar-refractivity contribution < 1.29 is 19.8 Å². The molecule has 0 spiro atoms. The monoisotopic (exact) mass is 273 g/mol. The van der Waals surface area contributed by atoms with Crippen LogP contribution < -0.4 is 0 Å². The van der Waals surface area contributed by atoms with E-state index in [0.29, 0.717) is 11.1 Å². The molecule has 2 rings (SSSR count). The number of aromatic hydroxyl groups is 2. The highest BCUT2D eigenvalue weighted by Gasteiger charge is 2.03. The summed E-state index contributed by atoms with van der Waals surface area (Å²) in [6.07, 6.45) is 2.99. The highest BCUT2D eigenvalue weighted by molar-refractivity contribution is 6.10. The highest BCUT2D eigenvalue weighted by Crippen LogP contribution is 2.23. The van der Waals surface area contributed by atoms with Crippen LogP contribution in [-0.2, 0) is 0 Å². The van der Waals surface area contributed by atoms with Crippen molar-refractivity contribution in [1.29, 1.82) is 0 Å². The number of phenols is 2. The van der Waals surface area contributed by atoms with Crippen molar-refractivity contribution in [3.63, 3.8) is 0 Å². The van der Waals surface area contributed by atoms with E-state index in [2.05, 4.69) is 5.16 Å². The first-order valence-corrected chi connectivity index (χ1v) is 5.78. The summed E-state index contributed by atoms with van der Waals surface area (Å²) in [7, 11) is 0. The minimum atomic E-state index is -0.383. The van der Waals surface area contributed by atoms with Gasteiger partial charge in [0.2, 0.25) is 0 Å². The smallest absolute Gasteiger partial charge is 0.126 e. The van der Waals surface area contributed by atoms with Crippen molar-refractivity contribution >= 4 is 11.8 Å². The van der Waals surface area contributed by atoms with Crippen LogP contribution in [0.5, 0.6) is 11.5 Å². The van der Waals surface area contributed by atoms with Gasteiger partial charge in [-0.3, -0.25) is 0 Å². The average Bonchev–Trinajstić information content (AvgIpc) is 2.43. The largest absolute Gasteiger partial charge is 0.508 e. The maximum atomic E-state index is 12.8. The second kappa shape index (κ2) is 5.88. The third-order valence-corrected chi connectivity index (χ3v) is 2.68. The topological polar surface area (TPSA) is 73.1 Å². The van der Waals surface area contributed by atoms with Crippen LogP contribution in [0.4, 0.5) is 4.39 Å². The van der Waals surface area contributed by atoms with Crippen LogP contribution in [0.3, 0.4) is 0 Å². The van der Waals surface area contributed by atoms with Crippen molar-refractivity contribution in [3.8, 4) is 11.5 Å². The minimum absolute atomic E-state index is 0.0470. The first-order valence-electron chi connectivity index (χ1n) is 5.78. The molecule has 0 aromatic heterocycles. The van der Waals surface area contributed by atoms with E-state index in [-0.39, 0.29) is 23.0 Å². The average molecular weight is 273 g/mol. The fourth-order valence-electron chi connectivity index (χ4n) is 1.65. The molecular formula is C15H12FNO3. The summed E-state index contributed by atoms with van der Waals surface area (Å²) in [6, 6.07) is 9.61. The first kappa shape index (κ1) is 13.6. The summed E-state index contributed by atoms with van der Waals surface area (Å²) in [5.41, 5.74) is 1.20. The summed E-state index contributed by atoms with van der Waals surface area (Å²) >= 11 is 0. The zero-order valence-corrected chi connectivity index (χ0v) is 10.4. The summed E-state index contributed by atoms with van der Waals surface area (Å²) < 4.78 is 12.8. The number of oxime groups is 1. The molecule has 4 nitrogen and oxygen atoms in total. The van der Waals surface area contributed by atoms with Gasteiger partial charge in [0.25, 0.3) is 0 Å². The van der Waals surface area contributed by atoms with Crippen LogP contribution >= 0.6 is 0 Å². The van der Waals surface area contributed by atoms with Crippen molar-refractivity contribution in [2.24, 2.45) is 5.16 Å². The second-order valence-electron chi connectivity index (χ2n) is 4.07. The molecular weight excluding hydrogens is 261 g/mol. The Labute approximate surface area is 114 Å². The number of halogens is 1. The first-order chi connectivity index (χ1) is 9.60. The number of hydrogen-bond donors (Lipinski definition) is 3. The van der Waals surface area contributed by atoms with Gasteiger partial charge in [0.1, 0.15) is 23.0 Å². The number of hydrogen-bond acceptors (Lipinski definition) is 4. The minimum Gasteiger partial charge on any atom is -0.508 e. The second-order valence-corrected chi connectivity index (χ2v) is 4.07. The van der Waals surface area contributed by atoms with E-state index in [9.17, 15) is 14.6 Å². The predicted molar refractivity (Wildman–Crippen MR) is 73.5 cm³/mol. The van der Waals surface area contributed by atoms with Crippen LogP contribution in [0.25, 0.3) is 6.08 Å². The molecule has 20 heavy (non-hydrogen) atoms. The van der Waals surface area contributed by atoms with Crippen LogP contribution in [-0.4, -0.2) is 21.1 Å². The van der Waals surface area contributed by atoms with Crippen molar-refractivity contribution in [2.75, 3.05) is 0 Å². The molecule has 0 bridgehead atoms. The Balaban J connectivity index is 2.26. The summed E-state index contributed by atoms with van der Waals surface area (Å²) in [5.74, 6) is -0.530. The molecule has 0 heterocycles. The Morgan fingerprint density at radius 2 is 1.75 bits per heavy atom. The van der Waals surface area contributed by atoms with Gasteiger partial charge in [-0.25, -0.2) is 4.39 Å². The molecule has 0 unspecified atom stereocenters. The van der Waals surface area contributed by atoms with E-state index in [0.717, 1.165) is 0 Å². The molecule has 0 fully saturated rings. The lowest BCUT2D eigenvalue weighted by Crippen LogP contribution is -1.96. The maximum absolute atomic E-state index is 12.8. The highest BCUT2D eigenvalue weighted by atomic mass is 19.1. The third kappa shape index (κ3) is 3.14. The lowest BCUT2D eigenvalue weighted by atomic mass is 10.1. The van der Waals surface area contributed by atoms with Crippen molar-refractivity contribution in [1.82, 2.24) is 0 Å². The van der Waals surface area contributed by atoms with Crippen molar-refractivity contribution in [2.45, 2.75) is 0 Å². The lowest BCUT2D eigenvalue weighted by Gasteiger charge is -2.01. The summed E-state index contributed by atoms with van der Waals surface area (Å²) in [6.45, 7) is 0. The zero-order chi connectivity index (χ0) is 14.5. The zero-order valence-electron chi connectivity index (χ0n) is 10.4. The number of rotatable bonds is 3. The van der Waals surface area contributed by atoms with E-state index in [1.165, 1.54) is 54.6 Å². The van der Waals surface area contributed by atoms with Gasteiger partial charge in [-0.05, 0) is 48.6 Å². The fourth-order valence-corrected chi connectivity index (χ4v) is 1.65. The number of nitrogens with zero attached hydrogens (tertiary/aromatic N) is 1. The Bertz CT molecular complexity index is 663. The Kier molecular flexibility index (Phi) is 4.00. The Hall–Kier alpha value is -2.82. The standard InChI is InChI=1S/C15H12FNO3/c16-12-5-1-10(2-6-12)14(17-20)8-4-11-3-7-13(18)9-15(11)19/h1-9,18-20H. The quantitative estimate of drug-likeness (QED) is 0.457. The van der Waals surface area contributed by atoms with Gasteiger partial charge in [0, 0.05) is 17.2 Å². The molecule has 3 N–H and O–H groups in total. The van der Waals surface area contributed by atoms with Gasteiger partial charge in [0.05, 0.1) is 0 Å². The normalized spacial score (nSPS) is 11.9. The van der Waals surface area contributed by atoms with E-state index in [1.807, 2.05) is 0 Å². The number of benzene rings is 2. The molecule has 2 aromatic rings.